The number of sulfonamides is 1. The maximum atomic E-state index is 12.4. The minimum atomic E-state index is -3.61. The molecule has 0 amide bonds. The number of rotatable bonds is 7. The Kier molecular flexibility index (Phi) is 5.63. The molecule has 0 saturated heterocycles. The summed E-state index contributed by atoms with van der Waals surface area (Å²) in [6.45, 7) is 2.30. The van der Waals surface area contributed by atoms with Crippen molar-refractivity contribution in [2.24, 2.45) is 0 Å². The molecule has 0 heterocycles. The zero-order valence-electron chi connectivity index (χ0n) is 13.4. The predicted octanol–water partition coefficient (Wildman–Crippen LogP) is 2.79. The molecular formula is C17H21NO4S. The fourth-order valence-corrected chi connectivity index (χ4v) is 3.35. The van der Waals surface area contributed by atoms with Gasteiger partial charge in [-0.3, -0.25) is 0 Å². The van der Waals surface area contributed by atoms with E-state index in [1.807, 2.05) is 37.3 Å². The molecule has 0 aromatic heterocycles. The van der Waals surface area contributed by atoms with Gasteiger partial charge in [0.2, 0.25) is 10.0 Å². The van der Waals surface area contributed by atoms with Crippen molar-refractivity contribution < 1.29 is 17.9 Å². The Labute approximate surface area is 137 Å². The summed E-state index contributed by atoms with van der Waals surface area (Å²) >= 11 is 0. The average Bonchev–Trinajstić information content (AvgIpc) is 2.59. The summed E-state index contributed by atoms with van der Waals surface area (Å²) in [5.41, 5.74) is 1.09. The molecule has 23 heavy (non-hydrogen) atoms. The van der Waals surface area contributed by atoms with Gasteiger partial charge in [-0.05, 0) is 23.6 Å². The van der Waals surface area contributed by atoms with Crippen LogP contribution in [0.15, 0.2) is 53.4 Å². The number of hydrogen-bond donors (Lipinski definition) is 1. The van der Waals surface area contributed by atoms with Crippen molar-refractivity contribution in [2.45, 2.75) is 17.7 Å². The lowest BCUT2D eigenvalue weighted by molar-refractivity contribution is 0.354. The van der Waals surface area contributed by atoms with Crippen LogP contribution in [0, 0.1) is 0 Å². The van der Waals surface area contributed by atoms with E-state index in [1.54, 1.807) is 6.07 Å². The van der Waals surface area contributed by atoms with E-state index < -0.39 is 10.0 Å². The molecule has 0 spiro atoms. The topological polar surface area (TPSA) is 64.6 Å². The molecule has 5 nitrogen and oxygen atoms in total. The lowest BCUT2D eigenvalue weighted by Gasteiger charge is -2.14. The summed E-state index contributed by atoms with van der Waals surface area (Å²) < 4.78 is 37.8. The van der Waals surface area contributed by atoms with E-state index in [0.717, 1.165) is 5.56 Å². The van der Waals surface area contributed by atoms with Crippen LogP contribution in [0.5, 0.6) is 11.5 Å². The van der Waals surface area contributed by atoms with Crippen LogP contribution in [-0.2, 0) is 10.0 Å². The Hall–Kier alpha value is -2.05. The number of nitrogens with one attached hydrogen (secondary N) is 1. The Bertz CT molecular complexity index is 744. The largest absolute Gasteiger partial charge is 0.493 e. The van der Waals surface area contributed by atoms with Crippen LogP contribution in [0.2, 0.25) is 0 Å². The fraction of sp³-hybridized carbons (Fsp3) is 0.294. The highest BCUT2D eigenvalue weighted by Gasteiger charge is 2.18. The molecule has 124 valence electrons. The highest BCUT2D eigenvalue weighted by atomic mass is 32.2. The normalized spacial score (nSPS) is 12.7. The van der Waals surface area contributed by atoms with Crippen LogP contribution in [0.3, 0.4) is 0 Å². The monoisotopic (exact) mass is 335 g/mol. The van der Waals surface area contributed by atoms with Gasteiger partial charge in [-0.1, -0.05) is 37.3 Å². The molecule has 2 aromatic carbocycles. The maximum Gasteiger partial charge on any atom is 0.240 e. The Morgan fingerprint density at radius 3 is 2.26 bits per heavy atom. The van der Waals surface area contributed by atoms with Crippen molar-refractivity contribution in [2.75, 3.05) is 20.8 Å². The molecular weight excluding hydrogens is 314 g/mol. The van der Waals surface area contributed by atoms with Gasteiger partial charge in [0, 0.05) is 12.6 Å². The van der Waals surface area contributed by atoms with Gasteiger partial charge in [0.15, 0.2) is 11.5 Å². The summed E-state index contributed by atoms with van der Waals surface area (Å²) in [7, 11) is -0.629. The van der Waals surface area contributed by atoms with Crippen LogP contribution >= 0.6 is 0 Å². The van der Waals surface area contributed by atoms with E-state index in [0.29, 0.717) is 18.0 Å². The van der Waals surface area contributed by atoms with Crippen LogP contribution in [0.25, 0.3) is 0 Å². The lowest BCUT2D eigenvalue weighted by atomic mass is 10.0. The summed E-state index contributed by atoms with van der Waals surface area (Å²) in [6, 6.07) is 14.3. The number of methoxy groups -OCH3 is 2. The first kappa shape index (κ1) is 17.3. The summed E-state index contributed by atoms with van der Waals surface area (Å²) in [5, 5.41) is 0. The SMILES string of the molecule is COc1ccc(S(=O)(=O)NC[C@H](C)c2ccccc2)cc1OC. The third-order valence-electron chi connectivity index (χ3n) is 3.61. The molecule has 0 radical (unpaired) electrons. The van der Waals surface area contributed by atoms with Gasteiger partial charge in [-0.25, -0.2) is 13.1 Å². The maximum absolute atomic E-state index is 12.4. The van der Waals surface area contributed by atoms with Crippen molar-refractivity contribution in [1.82, 2.24) is 4.72 Å². The zero-order valence-corrected chi connectivity index (χ0v) is 14.3. The van der Waals surface area contributed by atoms with Gasteiger partial charge in [-0.2, -0.15) is 0 Å². The molecule has 1 atom stereocenters. The van der Waals surface area contributed by atoms with Crippen LogP contribution in [0.1, 0.15) is 18.4 Å². The highest BCUT2D eigenvalue weighted by Crippen LogP contribution is 2.29. The van der Waals surface area contributed by atoms with E-state index in [1.165, 1.54) is 26.4 Å². The Balaban J connectivity index is 2.13. The number of ether oxygens (including phenoxy) is 2. The van der Waals surface area contributed by atoms with Crippen LogP contribution in [-0.4, -0.2) is 29.2 Å². The van der Waals surface area contributed by atoms with Crippen molar-refractivity contribution in [3.05, 3.63) is 54.1 Å². The van der Waals surface area contributed by atoms with Gasteiger partial charge in [0.25, 0.3) is 0 Å². The lowest BCUT2D eigenvalue weighted by Crippen LogP contribution is -2.27. The summed E-state index contributed by atoms with van der Waals surface area (Å²) in [4.78, 5) is 0.149. The van der Waals surface area contributed by atoms with Crippen molar-refractivity contribution in [3.8, 4) is 11.5 Å². The number of hydrogen-bond acceptors (Lipinski definition) is 4. The van der Waals surface area contributed by atoms with Gasteiger partial charge < -0.3 is 9.47 Å². The first-order valence-corrected chi connectivity index (χ1v) is 8.73. The highest BCUT2D eigenvalue weighted by molar-refractivity contribution is 7.89. The fourth-order valence-electron chi connectivity index (χ4n) is 2.20. The van der Waals surface area contributed by atoms with Crippen molar-refractivity contribution in [1.29, 1.82) is 0 Å². The minimum absolute atomic E-state index is 0.0751. The standard InChI is InChI=1S/C17H21NO4S/c1-13(14-7-5-4-6-8-14)12-18-23(19,20)15-9-10-16(21-2)17(11-15)22-3/h4-11,13,18H,12H2,1-3H3/t13-/m0/s1. The molecule has 0 unspecified atom stereocenters. The number of benzene rings is 2. The van der Waals surface area contributed by atoms with Crippen molar-refractivity contribution >= 4 is 10.0 Å². The van der Waals surface area contributed by atoms with Gasteiger partial charge >= 0.3 is 0 Å². The molecule has 0 aliphatic rings. The Morgan fingerprint density at radius 2 is 1.65 bits per heavy atom. The molecule has 0 bridgehead atoms. The molecule has 0 saturated carbocycles. The average molecular weight is 335 g/mol. The smallest absolute Gasteiger partial charge is 0.240 e. The molecule has 0 aliphatic heterocycles. The van der Waals surface area contributed by atoms with Gasteiger partial charge in [0.05, 0.1) is 19.1 Å². The van der Waals surface area contributed by atoms with E-state index in [-0.39, 0.29) is 10.8 Å². The predicted molar refractivity (Wildman–Crippen MR) is 89.6 cm³/mol. The molecule has 2 aromatic rings. The second kappa shape index (κ2) is 7.48. The second-order valence-electron chi connectivity index (χ2n) is 5.18. The zero-order chi connectivity index (χ0) is 16.9. The molecule has 2 rings (SSSR count). The minimum Gasteiger partial charge on any atom is -0.493 e. The molecule has 6 heteroatoms. The first-order valence-electron chi connectivity index (χ1n) is 7.24. The van der Waals surface area contributed by atoms with Gasteiger partial charge in [0.1, 0.15) is 0 Å². The summed E-state index contributed by atoms with van der Waals surface area (Å²) in [6.07, 6.45) is 0. The molecule has 1 N–H and O–H groups in total. The second-order valence-corrected chi connectivity index (χ2v) is 6.95. The molecule has 0 aliphatic carbocycles. The van der Waals surface area contributed by atoms with E-state index >= 15 is 0 Å². The third kappa shape index (κ3) is 4.24. The van der Waals surface area contributed by atoms with E-state index in [2.05, 4.69) is 4.72 Å². The van der Waals surface area contributed by atoms with E-state index in [9.17, 15) is 8.42 Å². The molecule has 0 fully saturated rings. The van der Waals surface area contributed by atoms with Crippen LogP contribution < -0.4 is 14.2 Å². The quantitative estimate of drug-likeness (QED) is 0.845. The first-order chi connectivity index (χ1) is 11.0. The van der Waals surface area contributed by atoms with Gasteiger partial charge in [-0.15, -0.1) is 0 Å². The van der Waals surface area contributed by atoms with Crippen molar-refractivity contribution in [3.63, 3.8) is 0 Å². The van der Waals surface area contributed by atoms with E-state index in [4.69, 9.17) is 9.47 Å². The Morgan fingerprint density at radius 1 is 1.00 bits per heavy atom. The third-order valence-corrected chi connectivity index (χ3v) is 5.03. The summed E-state index contributed by atoms with van der Waals surface area (Å²) in [5.74, 6) is 0.946. The van der Waals surface area contributed by atoms with Crippen LogP contribution in [0.4, 0.5) is 0 Å².